The number of aromatic nitrogens is 2. The van der Waals surface area contributed by atoms with Gasteiger partial charge in [0.15, 0.2) is 0 Å². The minimum atomic E-state index is -4.38. The standard InChI is InChI=1S/C31H35N3O5S/c1-4-5-7-10-23-13-15-26(16-14-23)29-22-28(25-17-19-27(39-3)20-18-25)32-34(29)40(37,38)33(2)30(31(35)36)21-24-11-8-6-9-12-24/h6,8-9,11-20,22,30H,4-5,7,10,21H2,1-3H3,(H,35,36)/t30-/m0/s1. The second kappa shape index (κ2) is 12.9. The molecule has 0 saturated carbocycles. The van der Waals surface area contributed by atoms with Crippen molar-refractivity contribution < 1.29 is 23.1 Å². The monoisotopic (exact) mass is 561 g/mol. The Morgan fingerprint density at radius 2 is 1.60 bits per heavy atom. The molecule has 1 aromatic heterocycles. The summed E-state index contributed by atoms with van der Waals surface area (Å²) in [6.45, 7) is 2.16. The zero-order chi connectivity index (χ0) is 28.7. The molecule has 0 aliphatic heterocycles. The van der Waals surface area contributed by atoms with Gasteiger partial charge in [0.1, 0.15) is 11.8 Å². The summed E-state index contributed by atoms with van der Waals surface area (Å²) < 4.78 is 35.1. The van der Waals surface area contributed by atoms with Gasteiger partial charge in [-0.2, -0.15) is 17.8 Å². The first kappa shape index (κ1) is 29.0. The number of carboxylic acids is 1. The smallest absolute Gasteiger partial charge is 0.324 e. The molecule has 0 saturated heterocycles. The van der Waals surface area contributed by atoms with Crippen molar-refractivity contribution in [1.82, 2.24) is 13.5 Å². The first-order valence-corrected chi connectivity index (χ1v) is 14.7. The molecule has 3 aromatic carbocycles. The number of carboxylic acid groups (broad SMARTS) is 1. The summed E-state index contributed by atoms with van der Waals surface area (Å²) in [5.41, 5.74) is 4.05. The molecular formula is C31H35N3O5S. The average Bonchev–Trinajstić information content (AvgIpc) is 3.43. The van der Waals surface area contributed by atoms with Crippen molar-refractivity contribution in [2.24, 2.45) is 0 Å². The number of nitrogens with zero attached hydrogens (tertiary/aromatic N) is 3. The Hall–Kier alpha value is -3.95. The van der Waals surface area contributed by atoms with E-state index in [0.717, 1.165) is 39.6 Å². The number of aliphatic carboxylic acids is 1. The van der Waals surface area contributed by atoms with Crippen LogP contribution in [-0.4, -0.2) is 53.2 Å². The molecule has 0 aliphatic carbocycles. The molecule has 0 spiro atoms. The van der Waals surface area contributed by atoms with Crippen molar-refractivity contribution in [3.8, 4) is 28.3 Å². The highest BCUT2D eigenvalue weighted by atomic mass is 32.2. The maximum Gasteiger partial charge on any atom is 0.324 e. The van der Waals surface area contributed by atoms with Gasteiger partial charge in [-0.05, 0) is 60.7 Å². The number of ether oxygens (including phenoxy) is 1. The van der Waals surface area contributed by atoms with Crippen molar-refractivity contribution in [3.05, 3.63) is 96.1 Å². The molecule has 9 heteroatoms. The Morgan fingerprint density at radius 3 is 2.20 bits per heavy atom. The summed E-state index contributed by atoms with van der Waals surface area (Å²) >= 11 is 0. The Balaban J connectivity index is 1.76. The largest absolute Gasteiger partial charge is 0.497 e. The van der Waals surface area contributed by atoms with E-state index >= 15 is 0 Å². The van der Waals surface area contributed by atoms with Gasteiger partial charge in [-0.3, -0.25) is 4.79 Å². The number of unbranched alkanes of at least 4 members (excludes halogenated alkanes) is 2. The molecule has 0 amide bonds. The summed E-state index contributed by atoms with van der Waals surface area (Å²) in [7, 11) is -1.52. The normalized spacial score (nSPS) is 12.4. The van der Waals surface area contributed by atoms with Gasteiger partial charge < -0.3 is 9.84 Å². The van der Waals surface area contributed by atoms with E-state index in [-0.39, 0.29) is 6.42 Å². The van der Waals surface area contributed by atoms with Gasteiger partial charge in [0.05, 0.1) is 18.5 Å². The van der Waals surface area contributed by atoms with Gasteiger partial charge >= 0.3 is 16.2 Å². The fraction of sp³-hybridized carbons (Fsp3) is 0.290. The van der Waals surface area contributed by atoms with Crippen LogP contribution in [0.4, 0.5) is 0 Å². The lowest BCUT2D eigenvalue weighted by Crippen LogP contribution is -2.46. The first-order chi connectivity index (χ1) is 19.2. The molecule has 1 heterocycles. The van der Waals surface area contributed by atoms with Crippen LogP contribution in [0, 0.1) is 0 Å². The fourth-order valence-electron chi connectivity index (χ4n) is 4.55. The van der Waals surface area contributed by atoms with E-state index in [2.05, 4.69) is 12.0 Å². The molecule has 0 unspecified atom stereocenters. The third-order valence-corrected chi connectivity index (χ3v) is 8.66. The first-order valence-electron chi connectivity index (χ1n) is 13.3. The van der Waals surface area contributed by atoms with Crippen LogP contribution in [0.5, 0.6) is 5.75 Å². The molecule has 0 bridgehead atoms. The molecule has 210 valence electrons. The molecule has 0 aliphatic rings. The maximum atomic E-state index is 14.0. The summed E-state index contributed by atoms with van der Waals surface area (Å²) in [6.07, 6.45) is 4.34. The maximum absolute atomic E-state index is 14.0. The second-order valence-electron chi connectivity index (χ2n) is 9.71. The van der Waals surface area contributed by atoms with Crippen molar-refractivity contribution in [2.75, 3.05) is 14.2 Å². The predicted octanol–water partition coefficient (Wildman–Crippen LogP) is 5.68. The topological polar surface area (TPSA) is 102 Å². The van der Waals surface area contributed by atoms with Crippen LogP contribution in [0.3, 0.4) is 0 Å². The third kappa shape index (κ3) is 6.60. The Bertz CT molecular complexity index is 1520. The predicted molar refractivity (Wildman–Crippen MR) is 157 cm³/mol. The van der Waals surface area contributed by atoms with Crippen molar-refractivity contribution in [3.63, 3.8) is 0 Å². The molecule has 8 nitrogen and oxygen atoms in total. The van der Waals surface area contributed by atoms with E-state index in [4.69, 9.17) is 4.74 Å². The number of hydrogen-bond acceptors (Lipinski definition) is 5. The molecule has 0 radical (unpaired) electrons. The number of likely N-dealkylation sites (N-methyl/N-ethyl adjacent to an activating group) is 1. The number of rotatable bonds is 13. The Kier molecular flexibility index (Phi) is 9.39. The van der Waals surface area contributed by atoms with Gasteiger partial charge in [-0.1, -0.05) is 74.4 Å². The lowest BCUT2D eigenvalue weighted by atomic mass is 10.0. The van der Waals surface area contributed by atoms with Gasteiger partial charge in [0.25, 0.3) is 0 Å². The number of benzene rings is 3. The summed E-state index contributed by atoms with van der Waals surface area (Å²) in [4.78, 5) is 12.3. The molecule has 40 heavy (non-hydrogen) atoms. The fourth-order valence-corrected chi connectivity index (χ4v) is 5.88. The highest BCUT2D eigenvalue weighted by molar-refractivity contribution is 7.87. The molecule has 4 rings (SSSR count). The zero-order valence-electron chi connectivity index (χ0n) is 23.0. The number of methoxy groups -OCH3 is 1. The van der Waals surface area contributed by atoms with E-state index in [1.54, 1.807) is 61.7 Å². The van der Waals surface area contributed by atoms with Gasteiger partial charge in [-0.15, -0.1) is 4.09 Å². The van der Waals surface area contributed by atoms with Gasteiger partial charge in [0, 0.05) is 18.2 Å². The van der Waals surface area contributed by atoms with E-state index < -0.39 is 22.2 Å². The van der Waals surface area contributed by atoms with Crippen LogP contribution in [0.1, 0.15) is 37.3 Å². The Labute approximate surface area is 236 Å². The minimum Gasteiger partial charge on any atom is -0.497 e. The van der Waals surface area contributed by atoms with E-state index in [1.165, 1.54) is 12.6 Å². The highest BCUT2D eigenvalue weighted by Crippen LogP contribution is 2.30. The second-order valence-corrected chi connectivity index (χ2v) is 11.5. The number of hydrogen-bond donors (Lipinski definition) is 1. The van der Waals surface area contributed by atoms with Crippen LogP contribution in [0.15, 0.2) is 84.9 Å². The minimum absolute atomic E-state index is 0.0142. The molecule has 0 fully saturated rings. The summed E-state index contributed by atoms with van der Waals surface area (Å²) in [6, 6.07) is 24.3. The number of carbonyl (C=O) groups is 1. The van der Waals surface area contributed by atoms with Crippen LogP contribution in [-0.2, 0) is 27.8 Å². The highest BCUT2D eigenvalue weighted by Gasteiger charge is 2.35. The average molecular weight is 562 g/mol. The molecule has 1 atom stereocenters. The lowest BCUT2D eigenvalue weighted by molar-refractivity contribution is -0.141. The molecular weight excluding hydrogens is 526 g/mol. The van der Waals surface area contributed by atoms with Crippen LogP contribution in [0.2, 0.25) is 0 Å². The van der Waals surface area contributed by atoms with E-state index in [1.807, 2.05) is 30.3 Å². The van der Waals surface area contributed by atoms with Crippen molar-refractivity contribution in [2.45, 2.75) is 45.1 Å². The van der Waals surface area contributed by atoms with E-state index in [0.29, 0.717) is 28.3 Å². The summed E-state index contributed by atoms with van der Waals surface area (Å²) in [5.74, 6) is -0.574. The van der Waals surface area contributed by atoms with Gasteiger partial charge in [-0.25, -0.2) is 0 Å². The van der Waals surface area contributed by atoms with Crippen LogP contribution >= 0.6 is 0 Å². The third-order valence-electron chi connectivity index (χ3n) is 6.96. The van der Waals surface area contributed by atoms with Crippen molar-refractivity contribution in [1.29, 1.82) is 0 Å². The summed E-state index contributed by atoms with van der Waals surface area (Å²) in [5, 5.41) is 14.5. The SMILES string of the molecule is CCCCCc1ccc(-c2cc(-c3ccc(OC)cc3)nn2S(=O)(=O)N(C)[C@@H](Cc2ccccc2)C(=O)O)cc1. The lowest BCUT2D eigenvalue weighted by Gasteiger charge is -2.25. The quantitative estimate of drug-likeness (QED) is 0.211. The van der Waals surface area contributed by atoms with E-state index in [9.17, 15) is 18.3 Å². The van der Waals surface area contributed by atoms with Crippen LogP contribution < -0.4 is 4.74 Å². The van der Waals surface area contributed by atoms with Crippen molar-refractivity contribution >= 4 is 16.2 Å². The zero-order valence-corrected chi connectivity index (χ0v) is 23.8. The number of aryl methyl sites for hydroxylation is 1. The van der Waals surface area contributed by atoms with Gasteiger partial charge in [0.2, 0.25) is 0 Å². The molecule has 4 aromatic rings. The Morgan fingerprint density at radius 1 is 0.950 bits per heavy atom. The molecule has 1 N–H and O–H groups in total. The van der Waals surface area contributed by atoms with Crippen LogP contribution in [0.25, 0.3) is 22.5 Å².